The zero-order chi connectivity index (χ0) is 17.0. The van der Waals surface area contributed by atoms with Crippen molar-refractivity contribution in [2.45, 2.75) is 0 Å². The number of thiol groups is 1. The Balaban J connectivity index is 2.53. The summed E-state index contributed by atoms with van der Waals surface area (Å²) < 4.78 is 4.78. The Kier molecular flexibility index (Phi) is 4.97. The number of nitrogens with zero attached hydrogens (tertiary/aromatic N) is 2. The molecule has 0 aliphatic carbocycles. The highest BCUT2D eigenvalue weighted by molar-refractivity contribution is 7.78. The van der Waals surface area contributed by atoms with Crippen molar-refractivity contribution >= 4 is 24.7 Å². The van der Waals surface area contributed by atoms with E-state index >= 15 is 0 Å². The van der Waals surface area contributed by atoms with E-state index in [1.54, 1.807) is 24.3 Å². The standard InChI is InChI=1S/C15H12N2O5S/c1-22-15(19)13-9-11(14(18)16(23)17(20)21)7-8-12(13)10-5-3-2-4-6-10/h2-9,23H,1H3. The predicted molar refractivity (Wildman–Crippen MR) is 85.4 cm³/mol. The van der Waals surface area contributed by atoms with Gasteiger partial charge in [0.1, 0.15) is 0 Å². The first-order valence-electron chi connectivity index (χ1n) is 6.41. The van der Waals surface area contributed by atoms with Gasteiger partial charge in [-0.3, -0.25) is 4.79 Å². The van der Waals surface area contributed by atoms with Crippen LogP contribution < -0.4 is 0 Å². The van der Waals surface area contributed by atoms with Gasteiger partial charge in [-0.15, -0.1) is 0 Å². The molecule has 0 aromatic heterocycles. The first kappa shape index (κ1) is 16.5. The lowest BCUT2D eigenvalue weighted by molar-refractivity contribution is -0.594. The molecular formula is C15H12N2O5S. The number of hydrogen-bond acceptors (Lipinski definition) is 6. The van der Waals surface area contributed by atoms with Gasteiger partial charge in [-0.25, -0.2) is 14.9 Å². The highest BCUT2D eigenvalue weighted by Crippen LogP contribution is 2.26. The van der Waals surface area contributed by atoms with Gasteiger partial charge < -0.3 is 4.74 Å². The number of carbonyl (C=O) groups is 2. The Morgan fingerprint density at radius 2 is 1.83 bits per heavy atom. The Hall–Kier alpha value is -2.87. The van der Waals surface area contributed by atoms with E-state index in [0.29, 0.717) is 5.56 Å². The number of benzene rings is 2. The van der Waals surface area contributed by atoms with Crippen molar-refractivity contribution in [1.82, 2.24) is 4.41 Å². The smallest absolute Gasteiger partial charge is 0.338 e. The largest absolute Gasteiger partial charge is 0.465 e. The minimum atomic E-state index is -0.964. The van der Waals surface area contributed by atoms with Crippen molar-refractivity contribution < 1.29 is 19.4 Å². The number of carbonyl (C=O) groups excluding carboxylic acids is 2. The zero-order valence-electron chi connectivity index (χ0n) is 12.0. The van der Waals surface area contributed by atoms with Crippen LogP contribution in [0.5, 0.6) is 0 Å². The van der Waals surface area contributed by atoms with Crippen LogP contribution in [0.3, 0.4) is 0 Å². The van der Waals surface area contributed by atoms with Crippen molar-refractivity contribution in [2.24, 2.45) is 0 Å². The predicted octanol–water partition coefficient (Wildman–Crippen LogP) is 2.62. The second kappa shape index (κ2) is 6.93. The topological polar surface area (TPSA) is 89.8 Å². The third kappa shape index (κ3) is 3.49. The van der Waals surface area contributed by atoms with Gasteiger partial charge in [-0.1, -0.05) is 36.4 Å². The molecule has 2 aromatic carbocycles. The Bertz CT molecular complexity index is 764. The van der Waals surface area contributed by atoms with Crippen LogP contribution in [0.15, 0.2) is 48.5 Å². The molecular weight excluding hydrogens is 320 g/mol. The first-order valence-corrected chi connectivity index (χ1v) is 6.81. The van der Waals surface area contributed by atoms with Gasteiger partial charge in [0.25, 0.3) is 0 Å². The monoisotopic (exact) mass is 332 g/mol. The molecule has 0 bridgehead atoms. The van der Waals surface area contributed by atoms with E-state index < -0.39 is 16.9 Å². The van der Waals surface area contributed by atoms with Crippen LogP contribution in [0.1, 0.15) is 20.7 Å². The van der Waals surface area contributed by atoms with Crippen molar-refractivity contribution in [3.63, 3.8) is 0 Å². The molecule has 0 spiro atoms. The fraction of sp³-hybridized carbons (Fsp3) is 0.0667. The second-order valence-electron chi connectivity index (χ2n) is 4.45. The average molecular weight is 332 g/mol. The number of rotatable bonds is 4. The van der Waals surface area contributed by atoms with E-state index in [2.05, 4.69) is 12.8 Å². The molecule has 0 unspecified atom stereocenters. The molecule has 118 valence electrons. The molecule has 0 aliphatic rings. The van der Waals surface area contributed by atoms with Gasteiger partial charge in [0.05, 0.1) is 12.7 Å². The van der Waals surface area contributed by atoms with Crippen molar-refractivity contribution in [3.8, 4) is 11.1 Å². The van der Waals surface area contributed by atoms with Crippen LogP contribution in [0.2, 0.25) is 0 Å². The molecule has 0 saturated heterocycles. The summed E-state index contributed by atoms with van der Waals surface area (Å²) >= 11 is 3.50. The maximum absolute atomic E-state index is 12.0. The molecule has 23 heavy (non-hydrogen) atoms. The molecule has 0 atom stereocenters. The molecule has 8 heteroatoms. The lowest BCUT2D eigenvalue weighted by atomic mass is 9.97. The van der Waals surface area contributed by atoms with Crippen LogP contribution in [0.4, 0.5) is 0 Å². The third-order valence-electron chi connectivity index (χ3n) is 3.09. The highest BCUT2D eigenvalue weighted by Gasteiger charge is 2.24. The number of hydrazine groups is 1. The normalized spacial score (nSPS) is 10.0. The molecule has 0 saturated carbocycles. The van der Waals surface area contributed by atoms with Crippen LogP contribution >= 0.6 is 12.8 Å². The van der Waals surface area contributed by atoms with Crippen LogP contribution in [-0.2, 0) is 4.74 Å². The average Bonchev–Trinajstić information content (AvgIpc) is 2.59. The summed E-state index contributed by atoms with van der Waals surface area (Å²) in [7, 11) is 1.22. The van der Waals surface area contributed by atoms with Crippen molar-refractivity contribution in [3.05, 3.63) is 69.8 Å². The third-order valence-corrected chi connectivity index (χ3v) is 3.42. The molecule has 2 aromatic rings. The Morgan fingerprint density at radius 1 is 1.17 bits per heavy atom. The first-order chi connectivity index (χ1) is 11.0. The van der Waals surface area contributed by atoms with Crippen LogP contribution in [-0.4, -0.2) is 28.4 Å². The van der Waals surface area contributed by atoms with Gasteiger partial charge in [0.15, 0.2) is 5.03 Å². The number of methoxy groups -OCH3 is 1. The maximum Gasteiger partial charge on any atom is 0.338 e. The number of amides is 1. The number of hydrogen-bond donors (Lipinski definition) is 1. The molecule has 0 heterocycles. The molecule has 7 nitrogen and oxygen atoms in total. The number of nitro groups is 1. The van der Waals surface area contributed by atoms with Crippen LogP contribution in [0, 0.1) is 10.1 Å². The quantitative estimate of drug-likeness (QED) is 0.402. The van der Waals surface area contributed by atoms with E-state index in [1.165, 1.54) is 25.3 Å². The lowest BCUT2D eigenvalue weighted by Gasteiger charge is -2.11. The summed E-state index contributed by atoms with van der Waals surface area (Å²) in [5.74, 6) is -1.60. The summed E-state index contributed by atoms with van der Waals surface area (Å²) in [5.41, 5.74) is 1.40. The van der Waals surface area contributed by atoms with Gasteiger partial charge in [0, 0.05) is 22.8 Å². The van der Waals surface area contributed by atoms with Gasteiger partial charge in [-0.2, -0.15) is 0 Å². The van der Waals surface area contributed by atoms with Crippen molar-refractivity contribution in [1.29, 1.82) is 0 Å². The minimum Gasteiger partial charge on any atom is -0.465 e. The Labute approximate surface area is 137 Å². The van der Waals surface area contributed by atoms with Gasteiger partial charge in [0.2, 0.25) is 0 Å². The van der Waals surface area contributed by atoms with Gasteiger partial charge >= 0.3 is 11.9 Å². The summed E-state index contributed by atoms with van der Waals surface area (Å²) in [6.07, 6.45) is 0. The maximum atomic E-state index is 12.0. The Morgan fingerprint density at radius 3 is 2.39 bits per heavy atom. The van der Waals surface area contributed by atoms with Gasteiger partial charge in [-0.05, 0) is 23.3 Å². The van der Waals surface area contributed by atoms with E-state index in [4.69, 9.17) is 4.74 Å². The van der Waals surface area contributed by atoms with Crippen LogP contribution in [0.25, 0.3) is 11.1 Å². The highest BCUT2D eigenvalue weighted by atomic mass is 32.1. The van der Waals surface area contributed by atoms with E-state index in [1.807, 2.05) is 6.07 Å². The van der Waals surface area contributed by atoms with E-state index in [-0.39, 0.29) is 15.5 Å². The lowest BCUT2D eigenvalue weighted by Crippen LogP contribution is -2.27. The molecule has 1 amide bonds. The fourth-order valence-corrected chi connectivity index (χ4v) is 2.13. The minimum absolute atomic E-state index is 0.0446. The zero-order valence-corrected chi connectivity index (χ0v) is 12.9. The van der Waals surface area contributed by atoms with E-state index in [9.17, 15) is 19.7 Å². The summed E-state index contributed by atoms with van der Waals surface area (Å²) in [6, 6.07) is 13.2. The van der Waals surface area contributed by atoms with E-state index in [0.717, 1.165) is 5.56 Å². The number of ether oxygens (including phenoxy) is 1. The molecule has 0 fully saturated rings. The molecule has 0 N–H and O–H groups in total. The SMILES string of the molecule is COC(=O)c1cc(C(=O)N(S)[N+](=O)[O-])ccc1-c1ccccc1. The fourth-order valence-electron chi connectivity index (χ4n) is 2.02. The molecule has 0 radical (unpaired) electrons. The number of esters is 1. The van der Waals surface area contributed by atoms with Crippen molar-refractivity contribution in [2.75, 3.05) is 7.11 Å². The molecule has 0 aliphatic heterocycles. The summed E-state index contributed by atoms with van der Waals surface area (Å²) in [6.45, 7) is 0. The summed E-state index contributed by atoms with van der Waals surface area (Å²) in [4.78, 5) is 34.6. The summed E-state index contributed by atoms with van der Waals surface area (Å²) in [5, 5.41) is 9.66. The molecule has 2 rings (SSSR count). The second-order valence-corrected chi connectivity index (χ2v) is 4.83.